The fourth-order valence-corrected chi connectivity index (χ4v) is 3.52. The van der Waals surface area contributed by atoms with E-state index >= 15 is 0 Å². The summed E-state index contributed by atoms with van der Waals surface area (Å²) in [5.74, 6) is 1.21. The first kappa shape index (κ1) is 18.6. The lowest BCUT2D eigenvalue weighted by molar-refractivity contribution is 0.0843. The van der Waals surface area contributed by atoms with E-state index in [1.165, 1.54) is 0 Å². The third-order valence-corrected chi connectivity index (χ3v) is 4.79. The second kappa shape index (κ2) is 8.03. The number of rotatable bonds is 7. The van der Waals surface area contributed by atoms with Crippen molar-refractivity contribution >= 4 is 10.0 Å². The lowest BCUT2D eigenvalue weighted by Crippen LogP contribution is -2.38. The molecule has 1 aliphatic rings. The van der Waals surface area contributed by atoms with E-state index in [9.17, 15) is 8.42 Å². The lowest BCUT2D eigenvalue weighted by atomic mass is 10.1. The first-order valence-corrected chi connectivity index (χ1v) is 10.3. The van der Waals surface area contributed by atoms with Gasteiger partial charge < -0.3 is 14.8 Å². The van der Waals surface area contributed by atoms with Crippen LogP contribution in [0.2, 0.25) is 0 Å². The molecule has 0 fully saturated rings. The van der Waals surface area contributed by atoms with Gasteiger partial charge in [0.1, 0.15) is 12.7 Å². The molecule has 0 unspecified atom stereocenters. The van der Waals surface area contributed by atoms with Gasteiger partial charge in [-0.3, -0.25) is 0 Å². The van der Waals surface area contributed by atoms with Gasteiger partial charge in [0.25, 0.3) is 5.88 Å². The van der Waals surface area contributed by atoms with Crippen molar-refractivity contribution in [2.75, 3.05) is 19.4 Å². The van der Waals surface area contributed by atoms with E-state index in [-0.39, 0.29) is 12.1 Å². The first-order valence-electron chi connectivity index (χ1n) is 8.42. The minimum Gasteiger partial charge on any atom is -0.484 e. The molecule has 140 valence electrons. The molecule has 2 atom stereocenters. The number of pyridine rings is 1. The summed E-state index contributed by atoms with van der Waals surface area (Å²) in [6.45, 7) is 3.63. The Hall–Kier alpha value is -2.16. The second-order valence-electron chi connectivity index (χ2n) is 6.34. The average molecular weight is 377 g/mol. The van der Waals surface area contributed by atoms with Gasteiger partial charge in [-0.2, -0.15) is 0 Å². The zero-order valence-corrected chi connectivity index (χ0v) is 15.6. The number of nitrogens with zero attached hydrogens (tertiary/aromatic N) is 1. The Labute approximate surface area is 153 Å². The molecule has 0 saturated heterocycles. The molecular formula is C18H23N3O4S. The SMILES string of the molecule is C[C@@H](NS(C)(=O)=O)c1ccc(CNC[C@H]2COc3cccnc3O2)cc1. The molecule has 2 aromatic rings. The van der Waals surface area contributed by atoms with Crippen molar-refractivity contribution in [3.8, 4) is 11.6 Å². The molecule has 0 amide bonds. The smallest absolute Gasteiger partial charge is 0.257 e. The van der Waals surface area contributed by atoms with Crippen LogP contribution in [0.4, 0.5) is 0 Å². The maximum absolute atomic E-state index is 11.3. The van der Waals surface area contributed by atoms with Gasteiger partial charge in [-0.1, -0.05) is 24.3 Å². The Morgan fingerprint density at radius 3 is 2.77 bits per heavy atom. The van der Waals surface area contributed by atoms with Gasteiger partial charge in [-0.05, 0) is 30.2 Å². The van der Waals surface area contributed by atoms with Gasteiger partial charge in [-0.15, -0.1) is 0 Å². The van der Waals surface area contributed by atoms with Gasteiger partial charge >= 0.3 is 0 Å². The van der Waals surface area contributed by atoms with Gasteiger partial charge in [0.2, 0.25) is 10.0 Å². The monoisotopic (exact) mass is 377 g/mol. The molecule has 26 heavy (non-hydrogen) atoms. The molecule has 3 rings (SSSR count). The molecule has 0 radical (unpaired) electrons. The minimum atomic E-state index is -3.22. The minimum absolute atomic E-state index is 0.0874. The predicted octanol–water partition coefficient (Wildman–Crippen LogP) is 1.62. The van der Waals surface area contributed by atoms with Crippen LogP contribution >= 0.6 is 0 Å². The number of fused-ring (bicyclic) bond motifs is 1. The van der Waals surface area contributed by atoms with E-state index in [1.807, 2.05) is 43.3 Å². The Kier molecular flexibility index (Phi) is 5.75. The molecule has 0 aliphatic carbocycles. The summed E-state index contributed by atoms with van der Waals surface area (Å²) in [7, 11) is -3.22. The third-order valence-electron chi connectivity index (χ3n) is 4.01. The third kappa shape index (κ3) is 5.17. The van der Waals surface area contributed by atoms with Crippen molar-refractivity contribution in [2.45, 2.75) is 25.6 Å². The van der Waals surface area contributed by atoms with Gasteiger partial charge in [0.05, 0.1) is 6.26 Å². The Bertz CT molecular complexity index is 840. The number of hydrogen-bond donors (Lipinski definition) is 2. The number of benzene rings is 1. The maximum atomic E-state index is 11.3. The van der Waals surface area contributed by atoms with Crippen LogP contribution < -0.4 is 19.5 Å². The zero-order chi connectivity index (χ0) is 18.6. The van der Waals surface area contributed by atoms with Crippen molar-refractivity contribution < 1.29 is 17.9 Å². The van der Waals surface area contributed by atoms with Crippen LogP contribution in [0.1, 0.15) is 24.1 Å². The topological polar surface area (TPSA) is 89.6 Å². The van der Waals surface area contributed by atoms with E-state index in [1.54, 1.807) is 6.20 Å². The van der Waals surface area contributed by atoms with Crippen LogP contribution in [0.5, 0.6) is 11.6 Å². The normalized spacial score (nSPS) is 17.7. The molecule has 2 N–H and O–H groups in total. The van der Waals surface area contributed by atoms with E-state index in [2.05, 4.69) is 15.0 Å². The highest BCUT2D eigenvalue weighted by Crippen LogP contribution is 2.28. The van der Waals surface area contributed by atoms with Crippen LogP contribution in [-0.2, 0) is 16.6 Å². The molecule has 2 heterocycles. The van der Waals surface area contributed by atoms with Gasteiger partial charge in [-0.25, -0.2) is 18.1 Å². The van der Waals surface area contributed by atoms with Gasteiger partial charge in [0, 0.05) is 25.3 Å². The molecule has 1 aromatic carbocycles. The van der Waals surface area contributed by atoms with Crippen LogP contribution in [0.3, 0.4) is 0 Å². The van der Waals surface area contributed by atoms with Crippen molar-refractivity contribution in [3.05, 3.63) is 53.7 Å². The quantitative estimate of drug-likeness (QED) is 0.762. The highest BCUT2D eigenvalue weighted by atomic mass is 32.2. The van der Waals surface area contributed by atoms with Crippen molar-refractivity contribution in [1.29, 1.82) is 0 Å². The Morgan fingerprint density at radius 2 is 2.04 bits per heavy atom. The van der Waals surface area contributed by atoms with E-state index in [0.29, 0.717) is 31.3 Å². The van der Waals surface area contributed by atoms with Crippen LogP contribution in [0, 0.1) is 0 Å². The summed E-state index contributed by atoms with van der Waals surface area (Å²) >= 11 is 0. The summed E-state index contributed by atoms with van der Waals surface area (Å²) in [5.41, 5.74) is 2.03. The highest BCUT2D eigenvalue weighted by Gasteiger charge is 2.21. The van der Waals surface area contributed by atoms with Crippen molar-refractivity contribution in [1.82, 2.24) is 15.0 Å². The van der Waals surface area contributed by atoms with E-state index < -0.39 is 10.0 Å². The predicted molar refractivity (Wildman–Crippen MR) is 98.7 cm³/mol. The number of nitrogens with one attached hydrogen (secondary N) is 2. The van der Waals surface area contributed by atoms with Crippen LogP contribution in [-0.4, -0.2) is 38.9 Å². The first-order chi connectivity index (χ1) is 12.4. The number of aromatic nitrogens is 1. The molecule has 7 nitrogen and oxygen atoms in total. The number of sulfonamides is 1. The number of ether oxygens (including phenoxy) is 2. The molecule has 0 saturated carbocycles. The molecule has 0 spiro atoms. The zero-order valence-electron chi connectivity index (χ0n) is 14.8. The summed E-state index contributed by atoms with van der Waals surface area (Å²) < 4.78 is 36.6. The summed E-state index contributed by atoms with van der Waals surface area (Å²) in [4.78, 5) is 4.16. The standard InChI is InChI=1S/C18H23N3O4S/c1-13(21-26(2,22)23)15-7-5-14(6-8-15)10-19-11-16-12-24-17-4-3-9-20-18(17)25-16/h3-9,13,16,19,21H,10-12H2,1-2H3/t13-,16+/m1/s1. The lowest BCUT2D eigenvalue weighted by Gasteiger charge is -2.25. The fourth-order valence-electron chi connectivity index (χ4n) is 2.74. The number of hydrogen-bond acceptors (Lipinski definition) is 6. The Balaban J connectivity index is 1.47. The van der Waals surface area contributed by atoms with Crippen LogP contribution in [0.15, 0.2) is 42.6 Å². The summed E-state index contributed by atoms with van der Waals surface area (Å²) in [6.07, 6.45) is 2.75. The summed E-state index contributed by atoms with van der Waals surface area (Å²) in [6, 6.07) is 11.2. The average Bonchev–Trinajstić information content (AvgIpc) is 2.61. The molecule has 1 aromatic heterocycles. The second-order valence-corrected chi connectivity index (χ2v) is 8.12. The summed E-state index contributed by atoms with van der Waals surface area (Å²) in [5, 5.41) is 3.34. The fraction of sp³-hybridized carbons (Fsp3) is 0.389. The molecule has 1 aliphatic heterocycles. The van der Waals surface area contributed by atoms with Crippen molar-refractivity contribution in [3.63, 3.8) is 0 Å². The maximum Gasteiger partial charge on any atom is 0.257 e. The van der Waals surface area contributed by atoms with Crippen molar-refractivity contribution in [2.24, 2.45) is 0 Å². The largest absolute Gasteiger partial charge is 0.484 e. The molecule has 8 heteroatoms. The van der Waals surface area contributed by atoms with Crippen LogP contribution in [0.25, 0.3) is 0 Å². The molecular weight excluding hydrogens is 354 g/mol. The highest BCUT2D eigenvalue weighted by molar-refractivity contribution is 7.88. The Morgan fingerprint density at radius 1 is 1.27 bits per heavy atom. The van der Waals surface area contributed by atoms with Gasteiger partial charge in [0.15, 0.2) is 5.75 Å². The molecule has 0 bridgehead atoms. The van der Waals surface area contributed by atoms with E-state index in [0.717, 1.165) is 17.4 Å². The van der Waals surface area contributed by atoms with E-state index in [4.69, 9.17) is 9.47 Å².